The molecule has 1 aromatic rings. The van der Waals surface area contributed by atoms with Gasteiger partial charge < -0.3 is 10.4 Å². The number of nitrogens with one attached hydrogen (secondary N) is 1. The van der Waals surface area contributed by atoms with Crippen molar-refractivity contribution in [3.05, 3.63) is 41.6 Å². The van der Waals surface area contributed by atoms with Crippen molar-refractivity contribution < 1.29 is 36.2 Å². The summed E-state index contributed by atoms with van der Waals surface area (Å²) in [4.78, 5) is 10.3. The highest BCUT2D eigenvalue weighted by Crippen LogP contribution is 2.32. The van der Waals surface area contributed by atoms with Crippen molar-refractivity contribution >= 4 is 11.7 Å². The van der Waals surface area contributed by atoms with Gasteiger partial charge in [-0.3, -0.25) is 0 Å². The minimum absolute atomic E-state index is 0.166. The van der Waals surface area contributed by atoms with Crippen LogP contribution in [-0.4, -0.2) is 17.3 Å². The van der Waals surface area contributed by atoms with Crippen LogP contribution in [0.1, 0.15) is 5.56 Å². The van der Waals surface area contributed by atoms with E-state index in [2.05, 4.69) is 0 Å². The summed E-state index contributed by atoms with van der Waals surface area (Å²) in [6.07, 6.45) is -9.92. The second-order valence-corrected chi connectivity index (χ2v) is 3.60. The third-order valence-electron chi connectivity index (χ3n) is 2.04. The summed E-state index contributed by atoms with van der Waals surface area (Å²) in [5.74, 6) is -1.88. The van der Waals surface area contributed by atoms with Gasteiger partial charge in [-0.2, -0.15) is 26.3 Å². The van der Waals surface area contributed by atoms with Crippen LogP contribution in [-0.2, 0) is 11.0 Å². The van der Waals surface area contributed by atoms with Crippen LogP contribution in [0.15, 0.2) is 36.0 Å². The number of rotatable bonds is 3. The normalized spacial score (nSPS) is 13.2. The zero-order valence-electron chi connectivity index (χ0n) is 9.51. The fourth-order valence-electron chi connectivity index (χ4n) is 1.24. The number of carboxylic acid groups (broad SMARTS) is 1. The predicted octanol–water partition coefficient (Wildman–Crippen LogP) is 3.65. The standard InChI is InChI=1S/C11H7F6NO2/c12-10(13,14)6-2-1-3-7(4-6)18-8(5-9(19)20)11(15,16)17/h1-5,18H,(H,19,20)/b8-5-. The monoisotopic (exact) mass is 299 g/mol. The molecule has 2 N–H and O–H groups in total. The molecule has 0 aliphatic heterocycles. The summed E-state index contributed by atoms with van der Waals surface area (Å²) in [5.41, 5.74) is -3.35. The van der Waals surface area contributed by atoms with Gasteiger partial charge in [0.05, 0.1) is 11.6 Å². The smallest absolute Gasteiger partial charge is 0.431 e. The van der Waals surface area contributed by atoms with Gasteiger partial charge in [-0.25, -0.2) is 4.79 Å². The SMILES string of the molecule is O=C(O)/C=C(\Nc1cccc(C(F)(F)F)c1)C(F)(F)F. The molecule has 0 radical (unpaired) electrons. The molecule has 0 aliphatic rings. The highest BCUT2D eigenvalue weighted by atomic mass is 19.4. The van der Waals surface area contributed by atoms with Gasteiger partial charge in [0.25, 0.3) is 0 Å². The maximum absolute atomic E-state index is 12.5. The molecule has 0 heterocycles. The van der Waals surface area contributed by atoms with E-state index in [4.69, 9.17) is 5.11 Å². The topological polar surface area (TPSA) is 49.3 Å². The Morgan fingerprint density at radius 3 is 2.20 bits per heavy atom. The first-order valence-electron chi connectivity index (χ1n) is 4.96. The average molecular weight is 299 g/mol. The molecular formula is C11H7F6NO2. The van der Waals surface area contributed by atoms with Crippen LogP contribution in [0.2, 0.25) is 0 Å². The quantitative estimate of drug-likeness (QED) is 0.661. The van der Waals surface area contributed by atoms with Crippen molar-refractivity contribution in [3.63, 3.8) is 0 Å². The molecule has 3 nitrogen and oxygen atoms in total. The van der Waals surface area contributed by atoms with Crippen LogP contribution in [0.5, 0.6) is 0 Å². The number of hydrogen-bond acceptors (Lipinski definition) is 2. The molecule has 0 aliphatic carbocycles. The predicted molar refractivity (Wildman–Crippen MR) is 56.8 cm³/mol. The molecule has 110 valence electrons. The third kappa shape index (κ3) is 4.48. The number of anilines is 1. The lowest BCUT2D eigenvalue weighted by atomic mass is 10.2. The fraction of sp³-hybridized carbons (Fsp3) is 0.182. The Kier molecular flexibility index (Phi) is 4.31. The van der Waals surface area contributed by atoms with E-state index in [1.165, 1.54) is 0 Å². The van der Waals surface area contributed by atoms with E-state index >= 15 is 0 Å². The van der Waals surface area contributed by atoms with Crippen molar-refractivity contribution in [2.75, 3.05) is 5.32 Å². The Morgan fingerprint density at radius 1 is 1.15 bits per heavy atom. The summed E-state index contributed by atoms with van der Waals surface area (Å²) in [5, 5.41) is 9.93. The summed E-state index contributed by atoms with van der Waals surface area (Å²) >= 11 is 0. The summed E-state index contributed by atoms with van der Waals surface area (Å²) in [7, 11) is 0. The molecule has 0 atom stereocenters. The lowest BCUT2D eigenvalue weighted by molar-refractivity contribution is -0.137. The van der Waals surface area contributed by atoms with Crippen molar-refractivity contribution in [3.8, 4) is 0 Å². The Hall–Kier alpha value is -2.19. The molecule has 0 spiro atoms. The van der Waals surface area contributed by atoms with Gasteiger partial charge in [0.2, 0.25) is 0 Å². The molecular weight excluding hydrogens is 292 g/mol. The first-order valence-corrected chi connectivity index (χ1v) is 4.96. The van der Waals surface area contributed by atoms with Crippen LogP contribution in [0, 0.1) is 0 Å². The molecule has 1 rings (SSSR count). The van der Waals surface area contributed by atoms with Crippen LogP contribution in [0.25, 0.3) is 0 Å². The molecule has 0 bridgehead atoms. The van der Waals surface area contributed by atoms with E-state index in [0.29, 0.717) is 12.1 Å². The molecule has 0 saturated carbocycles. The van der Waals surface area contributed by atoms with Gasteiger partial charge in [0.1, 0.15) is 5.70 Å². The van der Waals surface area contributed by atoms with Crippen molar-refractivity contribution in [2.24, 2.45) is 0 Å². The highest BCUT2D eigenvalue weighted by molar-refractivity contribution is 5.81. The van der Waals surface area contributed by atoms with Crippen molar-refractivity contribution in [2.45, 2.75) is 12.4 Å². The zero-order chi connectivity index (χ0) is 15.6. The molecule has 0 saturated heterocycles. The van der Waals surface area contributed by atoms with Gasteiger partial charge >= 0.3 is 18.3 Å². The lowest BCUT2D eigenvalue weighted by Gasteiger charge is -2.15. The molecule has 0 amide bonds. The lowest BCUT2D eigenvalue weighted by Crippen LogP contribution is -2.20. The van der Waals surface area contributed by atoms with Gasteiger partial charge in [-0.05, 0) is 18.2 Å². The van der Waals surface area contributed by atoms with Gasteiger partial charge in [0.15, 0.2) is 0 Å². The number of carbonyl (C=O) groups is 1. The number of carboxylic acids is 1. The Balaban J connectivity index is 3.10. The van der Waals surface area contributed by atoms with Crippen molar-refractivity contribution in [1.29, 1.82) is 0 Å². The largest absolute Gasteiger partial charge is 0.478 e. The fourth-order valence-corrected chi connectivity index (χ4v) is 1.24. The van der Waals surface area contributed by atoms with E-state index in [0.717, 1.165) is 12.1 Å². The van der Waals surface area contributed by atoms with Crippen LogP contribution in [0.3, 0.4) is 0 Å². The molecule has 0 fully saturated rings. The Bertz CT molecular complexity index is 532. The van der Waals surface area contributed by atoms with E-state index in [9.17, 15) is 31.1 Å². The molecule has 0 unspecified atom stereocenters. The summed E-state index contributed by atoms with van der Waals surface area (Å²) in [6, 6.07) is 2.98. The summed E-state index contributed by atoms with van der Waals surface area (Å²) < 4.78 is 74.6. The zero-order valence-corrected chi connectivity index (χ0v) is 9.51. The molecule has 9 heteroatoms. The average Bonchev–Trinajstić information content (AvgIpc) is 2.25. The minimum Gasteiger partial charge on any atom is -0.478 e. The van der Waals surface area contributed by atoms with E-state index < -0.39 is 35.3 Å². The molecule has 20 heavy (non-hydrogen) atoms. The Morgan fingerprint density at radius 2 is 1.75 bits per heavy atom. The number of halogens is 6. The number of benzene rings is 1. The first kappa shape index (κ1) is 15.9. The second kappa shape index (κ2) is 5.43. The Labute approximate surface area is 108 Å². The van der Waals surface area contributed by atoms with Crippen molar-refractivity contribution in [1.82, 2.24) is 0 Å². The van der Waals surface area contributed by atoms with Crippen LogP contribution in [0.4, 0.5) is 32.0 Å². The van der Waals surface area contributed by atoms with Gasteiger partial charge in [-0.15, -0.1) is 0 Å². The summed E-state index contributed by atoms with van der Waals surface area (Å²) in [6.45, 7) is 0. The number of allylic oxidation sites excluding steroid dienone is 1. The van der Waals surface area contributed by atoms with E-state index in [1.807, 2.05) is 0 Å². The maximum atomic E-state index is 12.5. The number of hydrogen-bond donors (Lipinski definition) is 2. The first-order chi connectivity index (χ1) is 9.00. The van der Waals surface area contributed by atoms with Crippen LogP contribution >= 0.6 is 0 Å². The van der Waals surface area contributed by atoms with E-state index in [-0.39, 0.29) is 6.08 Å². The number of aliphatic carboxylic acids is 1. The number of alkyl halides is 6. The maximum Gasteiger partial charge on any atom is 0.431 e. The van der Waals surface area contributed by atoms with E-state index in [1.54, 1.807) is 5.32 Å². The van der Waals surface area contributed by atoms with Gasteiger partial charge in [0, 0.05) is 5.69 Å². The van der Waals surface area contributed by atoms with Gasteiger partial charge in [-0.1, -0.05) is 6.07 Å². The second-order valence-electron chi connectivity index (χ2n) is 3.60. The third-order valence-corrected chi connectivity index (χ3v) is 2.04. The molecule has 0 aromatic heterocycles. The highest BCUT2D eigenvalue weighted by Gasteiger charge is 2.35. The van der Waals surface area contributed by atoms with Crippen LogP contribution < -0.4 is 5.32 Å². The minimum atomic E-state index is -5.04. The molecule has 1 aromatic carbocycles.